The predicted molar refractivity (Wildman–Crippen MR) is 62.7 cm³/mol. The van der Waals surface area contributed by atoms with Gasteiger partial charge < -0.3 is 9.47 Å². The topological polar surface area (TPSA) is 64.6 Å². The van der Waals surface area contributed by atoms with Crippen molar-refractivity contribution in [2.24, 2.45) is 0 Å². The molecule has 0 aliphatic heterocycles. The summed E-state index contributed by atoms with van der Waals surface area (Å²) in [6.07, 6.45) is 0.314. The Bertz CT molecular complexity index is 408. The van der Waals surface area contributed by atoms with Crippen LogP contribution >= 0.6 is 11.6 Å². The molecule has 0 aliphatic rings. The number of imide groups is 1. The highest BCUT2D eigenvalue weighted by atomic mass is 35.5. The van der Waals surface area contributed by atoms with E-state index < -0.39 is 5.91 Å². The van der Waals surface area contributed by atoms with Crippen LogP contribution in [-0.4, -0.2) is 31.9 Å². The average Bonchev–Trinajstić information content (AvgIpc) is 2.36. The van der Waals surface area contributed by atoms with Crippen LogP contribution in [0.4, 0.5) is 0 Å². The van der Waals surface area contributed by atoms with Gasteiger partial charge in [0, 0.05) is 0 Å². The first-order valence-electron chi connectivity index (χ1n) is 4.84. The van der Waals surface area contributed by atoms with Gasteiger partial charge in [-0.2, -0.15) is 0 Å². The normalized spacial score (nSPS) is 9.53. The van der Waals surface area contributed by atoms with Crippen molar-refractivity contribution in [3.63, 3.8) is 0 Å². The molecule has 0 spiro atoms. The number of nitrogens with one attached hydrogen (secondary N) is 1. The van der Waals surface area contributed by atoms with E-state index in [-0.39, 0.29) is 5.56 Å². The van der Waals surface area contributed by atoms with Crippen molar-refractivity contribution in [3.05, 3.63) is 23.8 Å². The second-order valence-electron chi connectivity index (χ2n) is 2.99. The number of hydrogen-bond donors (Lipinski definition) is 1. The third-order valence-electron chi connectivity index (χ3n) is 1.95. The van der Waals surface area contributed by atoms with Crippen LogP contribution in [0.15, 0.2) is 18.2 Å². The first kappa shape index (κ1) is 13.3. The zero-order valence-electron chi connectivity index (χ0n) is 9.23. The Labute approximate surface area is 104 Å². The van der Waals surface area contributed by atoms with Crippen LogP contribution in [0.3, 0.4) is 0 Å². The molecule has 0 fully saturated rings. The second-order valence-corrected chi connectivity index (χ2v) is 3.37. The fraction of sp³-hybridized carbons (Fsp3) is 0.273. The highest BCUT2D eigenvalue weighted by Gasteiger charge is 2.12. The van der Waals surface area contributed by atoms with E-state index in [1.807, 2.05) is 5.32 Å². The highest BCUT2D eigenvalue weighted by molar-refractivity contribution is 6.18. The largest absolute Gasteiger partial charge is 0.496 e. The van der Waals surface area contributed by atoms with Gasteiger partial charge in [-0.1, -0.05) is 0 Å². The average molecular weight is 258 g/mol. The molecule has 0 heterocycles. The van der Waals surface area contributed by atoms with E-state index in [4.69, 9.17) is 21.1 Å². The molecule has 0 aromatic heterocycles. The van der Waals surface area contributed by atoms with Crippen molar-refractivity contribution in [1.29, 1.82) is 0 Å². The summed E-state index contributed by atoms with van der Waals surface area (Å²) in [5.41, 5.74) is 0.228. The van der Waals surface area contributed by atoms with Crippen LogP contribution in [0.25, 0.3) is 0 Å². The van der Waals surface area contributed by atoms with E-state index in [0.29, 0.717) is 30.4 Å². The number of rotatable bonds is 6. The van der Waals surface area contributed by atoms with E-state index in [1.165, 1.54) is 13.2 Å². The molecule has 0 saturated carbocycles. The standard InChI is InChI=1S/C11H12ClNO4/c1-16-10-3-2-8(17-5-4-12)6-9(10)11(15)13-7-14/h2-3,6-7H,4-5H2,1H3,(H,13,14,15). The molecule has 17 heavy (non-hydrogen) atoms. The number of halogens is 1. The highest BCUT2D eigenvalue weighted by Crippen LogP contribution is 2.23. The van der Waals surface area contributed by atoms with Gasteiger partial charge in [0.05, 0.1) is 18.6 Å². The maximum absolute atomic E-state index is 11.5. The minimum Gasteiger partial charge on any atom is -0.496 e. The van der Waals surface area contributed by atoms with Crippen molar-refractivity contribution in [2.75, 3.05) is 19.6 Å². The summed E-state index contributed by atoms with van der Waals surface area (Å²) in [6.45, 7) is 0.336. The minimum absolute atomic E-state index is 0.228. The first-order valence-corrected chi connectivity index (χ1v) is 5.37. The molecule has 1 rings (SSSR count). The van der Waals surface area contributed by atoms with Crippen molar-refractivity contribution in [2.45, 2.75) is 0 Å². The number of ether oxygens (including phenoxy) is 2. The number of carbonyl (C=O) groups excluding carboxylic acids is 2. The van der Waals surface area contributed by atoms with E-state index in [0.717, 1.165) is 0 Å². The van der Waals surface area contributed by atoms with Crippen LogP contribution in [-0.2, 0) is 4.79 Å². The molecule has 0 bridgehead atoms. The smallest absolute Gasteiger partial charge is 0.261 e. The zero-order valence-corrected chi connectivity index (χ0v) is 9.99. The van der Waals surface area contributed by atoms with Gasteiger partial charge in [-0.3, -0.25) is 14.9 Å². The van der Waals surface area contributed by atoms with Gasteiger partial charge >= 0.3 is 0 Å². The number of methoxy groups -OCH3 is 1. The Morgan fingerprint density at radius 2 is 2.29 bits per heavy atom. The Balaban J connectivity index is 2.97. The van der Waals surface area contributed by atoms with Gasteiger partial charge in [0.15, 0.2) is 0 Å². The second kappa shape index (κ2) is 6.75. The van der Waals surface area contributed by atoms with E-state index in [1.54, 1.807) is 12.1 Å². The Hall–Kier alpha value is -1.75. The fourth-order valence-corrected chi connectivity index (χ4v) is 1.32. The maximum Gasteiger partial charge on any atom is 0.261 e. The number of benzene rings is 1. The van der Waals surface area contributed by atoms with Crippen LogP contribution in [0.1, 0.15) is 10.4 Å². The quantitative estimate of drug-likeness (QED) is 0.614. The van der Waals surface area contributed by atoms with Crippen LogP contribution in [0.2, 0.25) is 0 Å². The molecule has 0 aliphatic carbocycles. The van der Waals surface area contributed by atoms with E-state index in [9.17, 15) is 9.59 Å². The van der Waals surface area contributed by atoms with Crippen molar-refractivity contribution in [1.82, 2.24) is 5.32 Å². The molecule has 0 atom stereocenters. The lowest BCUT2D eigenvalue weighted by molar-refractivity contribution is -0.108. The number of alkyl halides is 1. The lowest BCUT2D eigenvalue weighted by atomic mass is 10.1. The lowest BCUT2D eigenvalue weighted by Gasteiger charge is -2.09. The summed E-state index contributed by atoms with van der Waals surface area (Å²) < 4.78 is 10.3. The summed E-state index contributed by atoms with van der Waals surface area (Å²) >= 11 is 5.49. The zero-order chi connectivity index (χ0) is 12.7. The lowest BCUT2D eigenvalue weighted by Crippen LogP contribution is -2.22. The van der Waals surface area contributed by atoms with Gasteiger partial charge in [0.2, 0.25) is 6.41 Å². The molecule has 1 aromatic rings. The Morgan fingerprint density at radius 3 is 2.88 bits per heavy atom. The SMILES string of the molecule is COc1ccc(OCCCl)cc1C(=O)NC=O. The number of hydrogen-bond acceptors (Lipinski definition) is 4. The third kappa shape index (κ3) is 3.64. The van der Waals surface area contributed by atoms with Gasteiger partial charge in [-0.25, -0.2) is 0 Å². The molecule has 2 amide bonds. The van der Waals surface area contributed by atoms with Gasteiger partial charge in [-0.15, -0.1) is 11.6 Å². The molecule has 0 unspecified atom stereocenters. The van der Waals surface area contributed by atoms with Crippen LogP contribution < -0.4 is 14.8 Å². The maximum atomic E-state index is 11.5. The summed E-state index contributed by atoms with van der Waals surface area (Å²) in [7, 11) is 1.44. The monoisotopic (exact) mass is 257 g/mol. The molecule has 0 saturated heterocycles. The van der Waals surface area contributed by atoms with Gasteiger partial charge in [-0.05, 0) is 18.2 Å². The van der Waals surface area contributed by atoms with Crippen molar-refractivity contribution < 1.29 is 19.1 Å². The molecular weight excluding hydrogens is 246 g/mol. The summed E-state index contributed by atoms with van der Waals surface area (Å²) in [4.78, 5) is 21.8. The molecule has 5 nitrogen and oxygen atoms in total. The van der Waals surface area contributed by atoms with Crippen molar-refractivity contribution in [3.8, 4) is 11.5 Å². The summed E-state index contributed by atoms with van der Waals surface area (Å²) in [5.74, 6) is 0.653. The van der Waals surface area contributed by atoms with Crippen LogP contribution in [0, 0.1) is 0 Å². The number of amides is 2. The molecule has 1 aromatic carbocycles. The van der Waals surface area contributed by atoms with Gasteiger partial charge in [0.25, 0.3) is 5.91 Å². The molecule has 92 valence electrons. The Morgan fingerprint density at radius 1 is 1.53 bits per heavy atom. The van der Waals surface area contributed by atoms with Crippen molar-refractivity contribution >= 4 is 23.9 Å². The number of carbonyl (C=O) groups is 2. The molecule has 6 heteroatoms. The van der Waals surface area contributed by atoms with Gasteiger partial charge in [0.1, 0.15) is 18.1 Å². The summed E-state index contributed by atoms with van der Waals surface area (Å²) in [5, 5.41) is 2.04. The fourth-order valence-electron chi connectivity index (χ4n) is 1.24. The molecule has 0 radical (unpaired) electrons. The molecule has 1 N–H and O–H groups in total. The first-order chi connectivity index (χ1) is 8.22. The van der Waals surface area contributed by atoms with E-state index >= 15 is 0 Å². The Kier molecular flexibility index (Phi) is 5.29. The minimum atomic E-state index is -0.548. The third-order valence-corrected chi connectivity index (χ3v) is 2.11. The van der Waals surface area contributed by atoms with Crippen LogP contribution in [0.5, 0.6) is 11.5 Å². The predicted octanol–water partition coefficient (Wildman–Crippen LogP) is 1.20. The summed E-state index contributed by atoms with van der Waals surface area (Å²) in [6, 6.07) is 4.73. The molecular formula is C11H12ClNO4. The van der Waals surface area contributed by atoms with E-state index in [2.05, 4.69) is 0 Å².